The minimum absolute atomic E-state index is 0.329. The Bertz CT molecular complexity index is 160. The van der Waals surface area contributed by atoms with Crippen LogP contribution in [0.25, 0.3) is 0 Å². The van der Waals surface area contributed by atoms with Gasteiger partial charge in [-0.2, -0.15) is 0 Å². The number of aliphatic hydroxyl groups is 1. The topological polar surface area (TPSA) is 20.2 Å². The summed E-state index contributed by atoms with van der Waals surface area (Å²) < 4.78 is 0. The predicted octanol–water partition coefficient (Wildman–Crippen LogP) is 2.22. The molecule has 0 saturated carbocycles. The second-order valence-corrected chi connectivity index (χ2v) is 3.80. The molecule has 0 heterocycles. The van der Waals surface area contributed by atoms with Crippen LogP contribution in [0, 0.1) is 17.8 Å². The van der Waals surface area contributed by atoms with E-state index in [9.17, 15) is 0 Å². The van der Waals surface area contributed by atoms with Crippen LogP contribution in [-0.2, 0) is 0 Å². The van der Waals surface area contributed by atoms with E-state index in [4.69, 9.17) is 5.11 Å². The molecule has 1 aliphatic carbocycles. The summed E-state index contributed by atoms with van der Waals surface area (Å²) in [6.45, 7) is 6.91. The summed E-state index contributed by atoms with van der Waals surface area (Å²) in [7, 11) is 0. The van der Waals surface area contributed by atoms with Crippen molar-refractivity contribution < 1.29 is 5.11 Å². The molecule has 0 spiro atoms. The molecule has 1 heteroatoms. The lowest BCUT2D eigenvalue weighted by atomic mass is 9.84. The Morgan fingerprint density at radius 3 is 2.73 bits per heavy atom. The summed E-state index contributed by atoms with van der Waals surface area (Å²) in [5.74, 6) is 1.82. The predicted molar refractivity (Wildman–Crippen MR) is 47.3 cm³/mol. The first kappa shape index (κ1) is 8.79. The Hall–Kier alpha value is -0.300. The summed E-state index contributed by atoms with van der Waals surface area (Å²) in [5, 5.41) is 8.98. The fourth-order valence-electron chi connectivity index (χ4n) is 1.91. The first-order chi connectivity index (χ1) is 5.16. The second-order valence-electron chi connectivity index (χ2n) is 3.80. The monoisotopic (exact) mass is 154 g/mol. The summed E-state index contributed by atoms with van der Waals surface area (Å²) in [5.41, 5.74) is 1.50. The van der Waals surface area contributed by atoms with E-state index in [0.29, 0.717) is 24.4 Å². The highest BCUT2D eigenvalue weighted by atomic mass is 16.3. The van der Waals surface area contributed by atoms with Gasteiger partial charge in [0.2, 0.25) is 0 Å². The van der Waals surface area contributed by atoms with Crippen molar-refractivity contribution in [3.63, 3.8) is 0 Å². The van der Waals surface area contributed by atoms with Crippen molar-refractivity contribution in [2.75, 3.05) is 6.61 Å². The van der Waals surface area contributed by atoms with E-state index in [1.807, 2.05) is 0 Å². The third-order valence-corrected chi connectivity index (χ3v) is 3.09. The van der Waals surface area contributed by atoms with Gasteiger partial charge in [-0.25, -0.2) is 0 Å². The highest BCUT2D eigenvalue weighted by molar-refractivity contribution is 5.11. The van der Waals surface area contributed by atoms with Gasteiger partial charge >= 0.3 is 0 Å². The summed E-state index contributed by atoms with van der Waals surface area (Å²) in [6.07, 6.45) is 3.47. The fraction of sp³-hybridized carbons (Fsp3) is 0.800. The molecule has 0 saturated heterocycles. The normalized spacial score (nSPS) is 33.6. The third-order valence-electron chi connectivity index (χ3n) is 3.09. The molecule has 1 N–H and O–H groups in total. The largest absolute Gasteiger partial charge is 0.396 e. The van der Waals surface area contributed by atoms with Crippen LogP contribution in [0.15, 0.2) is 11.6 Å². The van der Waals surface area contributed by atoms with Gasteiger partial charge in [-0.15, -0.1) is 0 Å². The Balaban J connectivity index is 2.53. The summed E-state index contributed by atoms with van der Waals surface area (Å²) >= 11 is 0. The van der Waals surface area contributed by atoms with E-state index < -0.39 is 0 Å². The van der Waals surface area contributed by atoms with Crippen molar-refractivity contribution in [1.82, 2.24) is 0 Å². The van der Waals surface area contributed by atoms with Gasteiger partial charge in [0.1, 0.15) is 0 Å². The van der Waals surface area contributed by atoms with Gasteiger partial charge in [-0.05, 0) is 31.1 Å². The zero-order chi connectivity index (χ0) is 8.43. The number of allylic oxidation sites excluding steroid dienone is 2. The van der Waals surface area contributed by atoms with Crippen molar-refractivity contribution in [3.8, 4) is 0 Å². The van der Waals surface area contributed by atoms with Crippen LogP contribution >= 0.6 is 0 Å². The van der Waals surface area contributed by atoms with Gasteiger partial charge in [0.15, 0.2) is 0 Å². The minimum atomic E-state index is 0.329. The van der Waals surface area contributed by atoms with Crippen molar-refractivity contribution in [2.45, 2.75) is 27.2 Å². The van der Waals surface area contributed by atoms with Gasteiger partial charge in [-0.3, -0.25) is 0 Å². The first-order valence-corrected chi connectivity index (χ1v) is 4.44. The van der Waals surface area contributed by atoms with Crippen molar-refractivity contribution in [1.29, 1.82) is 0 Å². The maximum Gasteiger partial charge on any atom is 0.0459 e. The lowest BCUT2D eigenvalue weighted by Crippen LogP contribution is -2.18. The number of aliphatic hydroxyl groups excluding tert-OH is 1. The van der Waals surface area contributed by atoms with Crippen LogP contribution < -0.4 is 0 Å². The molecule has 0 aromatic carbocycles. The fourth-order valence-corrected chi connectivity index (χ4v) is 1.91. The zero-order valence-corrected chi connectivity index (χ0v) is 7.67. The molecule has 1 aliphatic rings. The Morgan fingerprint density at radius 1 is 1.73 bits per heavy atom. The molecule has 3 atom stereocenters. The van der Waals surface area contributed by atoms with Crippen LogP contribution in [0.5, 0.6) is 0 Å². The van der Waals surface area contributed by atoms with Crippen LogP contribution in [0.1, 0.15) is 27.2 Å². The second kappa shape index (κ2) is 3.40. The lowest BCUT2D eigenvalue weighted by Gasteiger charge is -2.22. The van der Waals surface area contributed by atoms with E-state index >= 15 is 0 Å². The lowest BCUT2D eigenvalue weighted by molar-refractivity contribution is 0.172. The Morgan fingerprint density at radius 2 is 2.36 bits per heavy atom. The molecule has 0 fully saturated rings. The van der Waals surface area contributed by atoms with Crippen molar-refractivity contribution >= 4 is 0 Å². The van der Waals surface area contributed by atoms with Crippen LogP contribution in [-0.4, -0.2) is 11.7 Å². The Labute approximate surface area is 69.1 Å². The molecule has 0 radical (unpaired) electrons. The van der Waals surface area contributed by atoms with E-state index in [2.05, 4.69) is 26.8 Å². The molecule has 0 aromatic heterocycles. The molecule has 0 aliphatic heterocycles. The van der Waals surface area contributed by atoms with Gasteiger partial charge < -0.3 is 5.11 Å². The number of hydrogen-bond acceptors (Lipinski definition) is 1. The van der Waals surface area contributed by atoms with Gasteiger partial charge in [0.05, 0.1) is 0 Å². The molecular formula is C10H18O. The maximum atomic E-state index is 8.98. The highest BCUT2D eigenvalue weighted by Gasteiger charge is 2.27. The van der Waals surface area contributed by atoms with Gasteiger partial charge in [0, 0.05) is 6.61 Å². The molecule has 1 rings (SSSR count). The smallest absolute Gasteiger partial charge is 0.0459 e. The SMILES string of the molecule is CC1=CCC(C(C)CO)C1C. The van der Waals surface area contributed by atoms with E-state index in [1.165, 1.54) is 5.57 Å². The average molecular weight is 154 g/mol. The molecule has 1 nitrogen and oxygen atoms in total. The zero-order valence-electron chi connectivity index (χ0n) is 7.67. The molecular weight excluding hydrogens is 136 g/mol. The van der Waals surface area contributed by atoms with Gasteiger partial charge in [-0.1, -0.05) is 25.5 Å². The number of hydrogen-bond donors (Lipinski definition) is 1. The summed E-state index contributed by atoms with van der Waals surface area (Å²) in [6, 6.07) is 0. The van der Waals surface area contributed by atoms with E-state index in [1.54, 1.807) is 0 Å². The van der Waals surface area contributed by atoms with Crippen LogP contribution in [0.3, 0.4) is 0 Å². The maximum absolute atomic E-state index is 8.98. The molecule has 64 valence electrons. The van der Waals surface area contributed by atoms with Crippen LogP contribution in [0.2, 0.25) is 0 Å². The van der Waals surface area contributed by atoms with Crippen LogP contribution in [0.4, 0.5) is 0 Å². The average Bonchev–Trinajstić information content (AvgIpc) is 2.32. The summed E-state index contributed by atoms with van der Waals surface area (Å²) in [4.78, 5) is 0. The first-order valence-electron chi connectivity index (χ1n) is 4.44. The van der Waals surface area contributed by atoms with E-state index in [-0.39, 0.29) is 0 Å². The van der Waals surface area contributed by atoms with Crippen molar-refractivity contribution in [2.24, 2.45) is 17.8 Å². The number of rotatable bonds is 2. The minimum Gasteiger partial charge on any atom is -0.396 e. The quantitative estimate of drug-likeness (QED) is 0.605. The van der Waals surface area contributed by atoms with Crippen molar-refractivity contribution in [3.05, 3.63) is 11.6 Å². The molecule has 0 aromatic rings. The molecule has 11 heavy (non-hydrogen) atoms. The third kappa shape index (κ3) is 1.64. The Kier molecular flexibility index (Phi) is 2.72. The molecule has 0 amide bonds. The standard InChI is InChI=1S/C10H18O/c1-7-4-5-10(9(7)3)8(2)6-11/h4,8-11H,5-6H2,1-3H3. The van der Waals surface area contributed by atoms with E-state index in [0.717, 1.165) is 6.42 Å². The molecule has 3 unspecified atom stereocenters. The molecule has 0 bridgehead atoms. The van der Waals surface area contributed by atoms with Gasteiger partial charge in [0.25, 0.3) is 0 Å². The highest BCUT2D eigenvalue weighted by Crippen LogP contribution is 2.35.